The van der Waals surface area contributed by atoms with E-state index in [2.05, 4.69) is 0 Å². The molecule has 3 aromatic carbocycles. The summed E-state index contributed by atoms with van der Waals surface area (Å²) in [4.78, 5) is 38.6. The summed E-state index contributed by atoms with van der Waals surface area (Å²) in [6.45, 7) is 0.201. The minimum absolute atomic E-state index is 0.266. The second kappa shape index (κ2) is 9.45. The number of carbonyl (C=O) groups excluding carboxylic acids is 3. The number of thioether (sulfide) groups is 1. The molecule has 4 rings (SSSR count). The molecule has 0 saturated carbocycles. The Morgan fingerprint density at radius 2 is 1.52 bits per heavy atom. The number of hydrogen-bond donors (Lipinski definition) is 0. The summed E-state index contributed by atoms with van der Waals surface area (Å²) in [5, 5.41) is -0.441. The molecule has 1 heterocycles. The average molecular weight is 429 g/mol. The van der Waals surface area contributed by atoms with Crippen LogP contribution in [0.2, 0.25) is 0 Å². The first-order valence-corrected chi connectivity index (χ1v) is 10.5. The Kier molecular flexibility index (Phi) is 6.29. The van der Waals surface area contributed by atoms with E-state index in [9.17, 15) is 14.4 Å². The van der Waals surface area contributed by atoms with E-state index in [0.717, 1.165) is 27.8 Å². The van der Waals surface area contributed by atoms with E-state index in [1.165, 1.54) is 0 Å². The molecule has 154 valence electrons. The molecule has 1 saturated heterocycles. The van der Waals surface area contributed by atoms with Gasteiger partial charge < -0.3 is 4.74 Å². The van der Waals surface area contributed by atoms with Crippen LogP contribution in [0, 0.1) is 0 Å². The van der Waals surface area contributed by atoms with Gasteiger partial charge in [-0.25, -0.2) is 0 Å². The van der Waals surface area contributed by atoms with Gasteiger partial charge in [-0.2, -0.15) is 0 Å². The summed E-state index contributed by atoms with van der Waals surface area (Å²) in [5.41, 5.74) is 2.31. The maximum absolute atomic E-state index is 12.7. The molecule has 0 unspecified atom stereocenters. The SMILES string of the molecule is O=C(CN1C(=O)S/C(=C\c2ccc(OCc3ccccc3)cc2)C1=O)c1ccccc1. The number of benzene rings is 3. The molecule has 0 aromatic heterocycles. The Balaban J connectivity index is 1.40. The molecule has 2 amide bonds. The quantitative estimate of drug-likeness (QED) is 0.382. The molecule has 0 N–H and O–H groups in total. The van der Waals surface area contributed by atoms with E-state index >= 15 is 0 Å². The van der Waals surface area contributed by atoms with Gasteiger partial charge in [0.15, 0.2) is 5.78 Å². The minimum Gasteiger partial charge on any atom is -0.489 e. The van der Waals surface area contributed by atoms with Crippen LogP contribution in [-0.2, 0) is 11.4 Å². The zero-order valence-electron chi connectivity index (χ0n) is 16.6. The molecule has 1 aliphatic heterocycles. The van der Waals surface area contributed by atoms with Crippen LogP contribution in [0.25, 0.3) is 6.08 Å². The van der Waals surface area contributed by atoms with Gasteiger partial charge >= 0.3 is 0 Å². The van der Waals surface area contributed by atoms with E-state index in [1.807, 2.05) is 54.6 Å². The van der Waals surface area contributed by atoms with Crippen molar-refractivity contribution in [3.63, 3.8) is 0 Å². The van der Waals surface area contributed by atoms with Crippen LogP contribution < -0.4 is 4.74 Å². The van der Waals surface area contributed by atoms with Crippen molar-refractivity contribution in [3.8, 4) is 5.75 Å². The monoisotopic (exact) mass is 429 g/mol. The number of imide groups is 1. The maximum Gasteiger partial charge on any atom is 0.293 e. The third-order valence-electron chi connectivity index (χ3n) is 4.70. The number of hydrogen-bond acceptors (Lipinski definition) is 5. The predicted molar refractivity (Wildman–Crippen MR) is 121 cm³/mol. The van der Waals surface area contributed by atoms with Crippen molar-refractivity contribution in [3.05, 3.63) is 107 Å². The first-order valence-electron chi connectivity index (χ1n) is 9.70. The minimum atomic E-state index is -0.455. The molecule has 0 atom stereocenters. The smallest absolute Gasteiger partial charge is 0.293 e. The van der Waals surface area contributed by atoms with E-state index < -0.39 is 11.1 Å². The molecular formula is C25H19NO4S. The van der Waals surface area contributed by atoms with Gasteiger partial charge in [-0.15, -0.1) is 0 Å². The van der Waals surface area contributed by atoms with Crippen LogP contribution in [0.3, 0.4) is 0 Å². The van der Waals surface area contributed by atoms with Crippen molar-refractivity contribution >= 4 is 34.8 Å². The number of carbonyl (C=O) groups is 3. The zero-order chi connectivity index (χ0) is 21.6. The molecule has 31 heavy (non-hydrogen) atoms. The number of nitrogens with zero attached hydrogens (tertiary/aromatic N) is 1. The van der Waals surface area contributed by atoms with Crippen LogP contribution in [0.1, 0.15) is 21.5 Å². The van der Waals surface area contributed by atoms with Gasteiger partial charge in [0.05, 0.1) is 11.4 Å². The van der Waals surface area contributed by atoms with Gasteiger partial charge in [-0.3, -0.25) is 19.3 Å². The fourth-order valence-corrected chi connectivity index (χ4v) is 3.89. The highest BCUT2D eigenvalue weighted by molar-refractivity contribution is 8.18. The normalized spacial score (nSPS) is 14.8. The summed E-state index contributed by atoms with van der Waals surface area (Å²) in [5.74, 6) is -0.0182. The third kappa shape index (κ3) is 5.10. The number of rotatable bonds is 7. The van der Waals surface area contributed by atoms with Crippen molar-refractivity contribution in [2.45, 2.75) is 6.61 Å². The van der Waals surface area contributed by atoms with Gasteiger partial charge in [-0.1, -0.05) is 72.8 Å². The van der Waals surface area contributed by atoms with Crippen molar-refractivity contribution in [1.82, 2.24) is 4.90 Å². The highest BCUT2D eigenvalue weighted by Crippen LogP contribution is 2.32. The van der Waals surface area contributed by atoms with Crippen LogP contribution >= 0.6 is 11.8 Å². The molecule has 5 nitrogen and oxygen atoms in total. The van der Waals surface area contributed by atoms with Gasteiger partial charge in [-0.05, 0) is 41.1 Å². The van der Waals surface area contributed by atoms with Crippen molar-refractivity contribution in [1.29, 1.82) is 0 Å². The first kappa shape index (κ1) is 20.6. The van der Waals surface area contributed by atoms with Crippen LogP contribution in [0.15, 0.2) is 89.8 Å². The van der Waals surface area contributed by atoms with Crippen LogP contribution in [0.4, 0.5) is 4.79 Å². The predicted octanol–water partition coefficient (Wildman–Crippen LogP) is 5.18. The number of ether oxygens (including phenoxy) is 1. The van der Waals surface area contributed by atoms with E-state index in [1.54, 1.807) is 36.4 Å². The maximum atomic E-state index is 12.7. The number of Topliss-reactive ketones (excluding diaryl/α,β-unsaturated/α-hetero) is 1. The largest absolute Gasteiger partial charge is 0.489 e. The summed E-state index contributed by atoms with van der Waals surface area (Å²) in [6, 6.07) is 25.8. The van der Waals surface area contributed by atoms with Crippen molar-refractivity contribution < 1.29 is 19.1 Å². The highest BCUT2D eigenvalue weighted by Gasteiger charge is 2.36. The van der Waals surface area contributed by atoms with Gasteiger partial charge in [0.1, 0.15) is 12.4 Å². The van der Waals surface area contributed by atoms with Crippen molar-refractivity contribution in [2.75, 3.05) is 6.54 Å². The molecule has 6 heteroatoms. The fraction of sp³-hybridized carbons (Fsp3) is 0.0800. The Bertz CT molecular complexity index is 1130. The van der Waals surface area contributed by atoms with Crippen LogP contribution in [-0.4, -0.2) is 28.4 Å². The lowest BCUT2D eigenvalue weighted by molar-refractivity contribution is -0.122. The second-order valence-electron chi connectivity index (χ2n) is 6.90. The molecule has 0 bridgehead atoms. The van der Waals surface area contributed by atoms with E-state index in [0.29, 0.717) is 22.8 Å². The Hall–Kier alpha value is -3.64. The summed E-state index contributed by atoms with van der Waals surface area (Å²) >= 11 is 0.841. The fourth-order valence-electron chi connectivity index (χ4n) is 3.05. The summed E-state index contributed by atoms with van der Waals surface area (Å²) < 4.78 is 5.77. The topological polar surface area (TPSA) is 63.7 Å². The van der Waals surface area contributed by atoms with Gasteiger partial charge in [0, 0.05) is 5.56 Å². The van der Waals surface area contributed by atoms with Gasteiger partial charge in [0.2, 0.25) is 0 Å². The Morgan fingerprint density at radius 1 is 0.871 bits per heavy atom. The molecule has 1 fully saturated rings. The third-order valence-corrected chi connectivity index (χ3v) is 5.60. The van der Waals surface area contributed by atoms with E-state index in [-0.39, 0.29) is 12.3 Å². The summed E-state index contributed by atoms with van der Waals surface area (Å²) in [7, 11) is 0. The lowest BCUT2D eigenvalue weighted by atomic mass is 10.1. The molecule has 1 aliphatic rings. The van der Waals surface area contributed by atoms with Gasteiger partial charge in [0.25, 0.3) is 11.1 Å². The Labute approximate surface area is 184 Å². The zero-order valence-corrected chi connectivity index (χ0v) is 17.4. The number of ketones is 1. The molecular weight excluding hydrogens is 410 g/mol. The lowest BCUT2D eigenvalue weighted by Gasteiger charge is -2.11. The standard InChI is InChI=1S/C25H19NO4S/c27-22(20-9-5-2-6-10-20)16-26-24(28)23(31-25(26)29)15-18-11-13-21(14-12-18)30-17-19-7-3-1-4-8-19/h1-15H,16-17H2/b23-15-. The molecule has 3 aromatic rings. The Morgan fingerprint density at radius 3 is 2.19 bits per heavy atom. The first-order chi connectivity index (χ1) is 15.1. The molecule has 0 aliphatic carbocycles. The molecule has 0 spiro atoms. The van der Waals surface area contributed by atoms with Crippen LogP contribution in [0.5, 0.6) is 5.75 Å². The average Bonchev–Trinajstić information content (AvgIpc) is 3.07. The summed E-state index contributed by atoms with van der Waals surface area (Å²) in [6.07, 6.45) is 1.65. The number of amides is 2. The lowest BCUT2D eigenvalue weighted by Crippen LogP contribution is -2.33. The van der Waals surface area contributed by atoms with Crippen molar-refractivity contribution in [2.24, 2.45) is 0 Å². The second-order valence-corrected chi connectivity index (χ2v) is 7.89. The highest BCUT2D eigenvalue weighted by atomic mass is 32.2. The molecule has 0 radical (unpaired) electrons. The van der Waals surface area contributed by atoms with E-state index in [4.69, 9.17) is 4.74 Å².